The van der Waals surface area contributed by atoms with Crippen LogP contribution in [0.25, 0.3) is 0 Å². The molecule has 0 fully saturated rings. The molecule has 0 radical (unpaired) electrons. The lowest BCUT2D eigenvalue weighted by molar-refractivity contribution is -0.418. The molecule has 1 nitrogen and oxygen atoms in total. The van der Waals surface area contributed by atoms with Crippen molar-refractivity contribution in [2.75, 3.05) is 0 Å². The van der Waals surface area contributed by atoms with Crippen LogP contribution in [0.5, 0.6) is 0 Å². The van der Waals surface area contributed by atoms with Crippen LogP contribution in [0.2, 0.25) is 0 Å². The number of rotatable bonds is 4. The van der Waals surface area contributed by atoms with Gasteiger partial charge in [0.15, 0.2) is 0 Å². The van der Waals surface area contributed by atoms with Crippen molar-refractivity contribution in [1.29, 1.82) is 0 Å². The molecule has 0 heterocycles. The Morgan fingerprint density at radius 3 is 1.44 bits per heavy atom. The second kappa shape index (κ2) is 5.47. The zero-order chi connectivity index (χ0) is 11.2. The number of benzene rings is 2. The van der Waals surface area contributed by atoms with Crippen LogP contribution in [0.1, 0.15) is 11.1 Å². The Morgan fingerprint density at radius 2 is 1.06 bits per heavy atom. The SMILES string of the molecule is [NH3+]C(Cc1ccccc1)Cc1ccccc1. The summed E-state index contributed by atoms with van der Waals surface area (Å²) in [7, 11) is 0. The molecule has 0 atom stereocenters. The average Bonchev–Trinajstić information content (AvgIpc) is 2.31. The molecule has 1 heteroatoms. The monoisotopic (exact) mass is 212 g/mol. The van der Waals surface area contributed by atoms with Gasteiger partial charge in [0.25, 0.3) is 0 Å². The van der Waals surface area contributed by atoms with E-state index in [2.05, 4.69) is 66.4 Å². The minimum Gasteiger partial charge on any atom is -0.355 e. The van der Waals surface area contributed by atoms with Gasteiger partial charge in [0.2, 0.25) is 0 Å². The van der Waals surface area contributed by atoms with E-state index in [0.717, 1.165) is 12.8 Å². The molecular weight excluding hydrogens is 194 g/mol. The van der Waals surface area contributed by atoms with E-state index in [1.165, 1.54) is 11.1 Å². The van der Waals surface area contributed by atoms with Gasteiger partial charge in [-0.15, -0.1) is 0 Å². The Labute approximate surface area is 96.9 Å². The van der Waals surface area contributed by atoms with Crippen molar-refractivity contribution in [3.05, 3.63) is 71.8 Å². The van der Waals surface area contributed by atoms with E-state index in [4.69, 9.17) is 0 Å². The van der Waals surface area contributed by atoms with Gasteiger partial charge in [-0.05, 0) is 11.1 Å². The van der Waals surface area contributed by atoms with E-state index >= 15 is 0 Å². The zero-order valence-corrected chi connectivity index (χ0v) is 9.47. The van der Waals surface area contributed by atoms with Crippen molar-refractivity contribution in [2.45, 2.75) is 18.9 Å². The first-order valence-electron chi connectivity index (χ1n) is 5.75. The molecule has 0 saturated carbocycles. The number of hydrogen-bond acceptors (Lipinski definition) is 0. The van der Waals surface area contributed by atoms with E-state index in [9.17, 15) is 0 Å². The first-order chi connectivity index (χ1) is 7.84. The maximum absolute atomic E-state index is 4.23. The molecule has 2 aromatic rings. The summed E-state index contributed by atoms with van der Waals surface area (Å²) < 4.78 is 0. The molecule has 0 aliphatic rings. The normalized spacial score (nSPS) is 10.6. The molecule has 3 N–H and O–H groups in total. The van der Waals surface area contributed by atoms with Gasteiger partial charge in [-0.3, -0.25) is 0 Å². The summed E-state index contributed by atoms with van der Waals surface area (Å²) in [4.78, 5) is 0. The summed E-state index contributed by atoms with van der Waals surface area (Å²) in [6.45, 7) is 0. The fourth-order valence-corrected chi connectivity index (χ4v) is 1.97. The van der Waals surface area contributed by atoms with E-state index < -0.39 is 0 Å². The van der Waals surface area contributed by atoms with Crippen LogP contribution in [-0.2, 0) is 12.8 Å². The maximum Gasteiger partial charge on any atom is 0.0925 e. The molecule has 0 aliphatic heterocycles. The Kier molecular flexibility index (Phi) is 3.73. The van der Waals surface area contributed by atoms with Gasteiger partial charge in [-0.25, -0.2) is 0 Å². The van der Waals surface area contributed by atoms with Crippen molar-refractivity contribution in [2.24, 2.45) is 0 Å². The molecule has 0 aromatic heterocycles. The average molecular weight is 212 g/mol. The fraction of sp³-hybridized carbons (Fsp3) is 0.200. The molecule has 2 rings (SSSR count). The van der Waals surface area contributed by atoms with Crippen molar-refractivity contribution < 1.29 is 5.73 Å². The van der Waals surface area contributed by atoms with Crippen molar-refractivity contribution in [3.8, 4) is 0 Å². The minimum atomic E-state index is 0.449. The van der Waals surface area contributed by atoms with Crippen molar-refractivity contribution >= 4 is 0 Å². The minimum absolute atomic E-state index is 0.449. The second-order valence-corrected chi connectivity index (χ2v) is 4.25. The summed E-state index contributed by atoms with van der Waals surface area (Å²) in [6.07, 6.45) is 2.10. The lowest BCUT2D eigenvalue weighted by Crippen LogP contribution is -2.63. The van der Waals surface area contributed by atoms with Crippen LogP contribution in [0.4, 0.5) is 0 Å². The van der Waals surface area contributed by atoms with Crippen LogP contribution >= 0.6 is 0 Å². The largest absolute Gasteiger partial charge is 0.355 e. The van der Waals surface area contributed by atoms with Gasteiger partial charge in [-0.2, -0.15) is 0 Å². The van der Waals surface area contributed by atoms with E-state index in [1.54, 1.807) is 0 Å². The highest BCUT2D eigenvalue weighted by molar-refractivity contribution is 5.18. The van der Waals surface area contributed by atoms with Crippen LogP contribution in [-0.4, -0.2) is 6.04 Å². The molecule has 2 aromatic carbocycles. The Morgan fingerprint density at radius 1 is 0.688 bits per heavy atom. The molecule has 0 spiro atoms. The highest BCUT2D eigenvalue weighted by Gasteiger charge is 2.07. The topological polar surface area (TPSA) is 27.6 Å². The third kappa shape index (κ3) is 3.21. The van der Waals surface area contributed by atoms with Gasteiger partial charge < -0.3 is 5.73 Å². The van der Waals surface area contributed by atoms with Gasteiger partial charge in [-0.1, -0.05) is 60.7 Å². The molecule has 16 heavy (non-hydrogen) atoms. The number of hydrogen-bond donors (Lipinski definition) is 1. The highest BCUT2D eigenvalue weighted by Crippen LogP contribution is 2.06. The molecule has 82 valence electrons. The van der Waals surface area contributed by atoms with Crippen LogP contribution < -0.4 is 5.73 Å². The maximum atomic E-state index is 4.23. The molecule has 0 amide bonds. The van der Waals surface area contributed by atoms with Crippen molar-refractivity contribution in [1.82, 2.24) is 0 Å². The standard InChI is InChI=1S/C15H17N/c16-15(11-13-7-3-1-4-8-13)12-14-9-5-2-6-10-14/h1-10,15H,11-12,16H2/p+1. The van der Waals surface area contributed by atoms with Crippen molar-refractivity contribution in [3.63, 3.8) is 0 Å². The van der Waals surface area contributed by atoms with E-state index in [1.807, 2.05) is 0 Å². The first kappa shape index (κ1) is 10.9. The molecule has 0 saturated heterocycles. The first-order valence-corrected chi connectivity index (χ1v) is 5.75. The lowest BCUT2D eigenvalue weighted by Gasteiger charge is -2.08. The van der Waals surface area contributed by atoms with E-state index in [0.29, 0.717) is 6.04 Å². The summed E-state index contributed by atoms with van der Waals surface area (Å²) in [5.41, 5.74) is 6.98. The molecule has 0 bridgehead atoms. The van der Waals surface area contributed by atoms with Crippen LogP contribution in [0.15, 0.2) is 60.7 Å². The quantitative estimate of drug-likeness (QED) is 0.803. The van der Waals surface area contributed by atoms with E-state index in [-0.39, 0.29) is 0 Å². The second-order valence-electron chi connectivity index (χ2n) is 4.25. The highest BCUT2D eigenvalue weighted by atomic mass is 14.6. The van der Waals surface area contributed by atoms with Gasteiger partial charge in [0.05, 0.1) is 6.04 Å². The van der Waals surface area contributed by atoms with Gasteiger partial charge >= 0.3 is 0 Å². The van der Waals surface area contributed by atoms with Gasteiger partial charge in [0.1, 0.15) is 0 Å². The molecule has 0 unspecified atom stereocenters. The Bertz CT molecular complexity index is 366. The summed E-state index contributed by atoms with van der Waals surface area (Å²) >= 11 is 0. The zero-order valence-electron chi connectivity index (χ0n) is 9.47. The van der Waals surface area contributed by atoms with Gasteiger partial charge in [0, 0.05) is 12.8 Å². The fourth-order valence-electron chi connectivity index (χ4n) is 1.97. The number of quaternary nitrogens is 1. The van der Waals surface area contributed by atoms with Crippen LogP contribution in [0.3, 0.4) is 0 Å². The summed E-state index contributed by atoms with van der Waals surface area (Å²) in [5.74, 6) is 0. The summed E-state index contributed by atoms with van der Waals surface area (Å²) in [5, 5.41) is 0. The predicted molar refractivity (Wildman–Crippen MR) is 67.0 cm³/mol. The molecular formula is C15H18N+. The smallest absolute Gasteiger partial charge is 0.0925 e. The predicted octanol–water partition coefficient (Wildman–Crippen LogP) is 2.08. The molecule has 0 aliphatic carbocycles. The third-order valence-electron chi connectivity index (χ3n) is 2.73. The van der Waals surface area contributed by atoms with Crippen LogP contribution in [0, 0.1) is 0 Å². The Balaban J connectivity index is 1.92. The Hall–Kier alpha value is -1.60. The summed E-state index contributed by atoms with van der Waals surface area (Å²) in [6, 6.07) is 21.6. The lowest BCUT2D eigenvalue weighted by atomic mass is 10.00. The third-order valence-corrected chi connectivity index (χ3v) is 2.73.